The van der Waals surface area contributed by atoms with Crippen molar-refractivity contribution in [2.75, 3.05) is 19.6 Å². The summed E-state index contributed by atoms with van der Waals surface area (Å²) in [6.07, 6.45) is 5.95. The Bertz CT molecular complexity index is 1100. The Kier molecular flexibility index (Phi) is 7.62. The second-order valence-corrected chi connectivity index (χ2v) is 8.44. The molecule has 1 atom stereocenters. The molecule has 0 spiro atoms. The number of nitrogens with one attached hydrogen (secondary N) is 1. The zero-order valence-electron chi connectivity index (χ0n) is 18.9. The summed E-state index contributed by atoms with van der Waals surface area (Å²) < 4.78 is 6.38. The normalized spacial score (nSPS) is 15.7. The van der Waals surface area contributed by atoms with Crippen LogP contribution in [0, 0.1) is 0 Å². The predicted octanol–water partition coefficient (Wildman–Crippen LogP) is 2.73. The lowest BCUT2D eigenvalue weighted by molar-refractivity contribution is 0.0904. The van der Waals surface area contributed by atoms with Crippen molar-refractivity contribution in [1.82, 2.24) is 30.1 Å². The van der Waals surface area contributed by atoms with Crippen molar-refractivity contribution < 1.29 is 9.32 Å². The number of hydrogen-bond donors (Lipinski definition) is 1. The van der Waals surface area contributed by atoms with E-state index in [2.05, 4.69) is 32.4 Å². The maximum Gasteiger partial charge on any atom is 0.316 e. The van der Waals surface area contributed by atoms with Crippen LogP contribution in [0.5, 0.6) is 0 Å². The highest BCUT2D eigenvalue weighted by atomic mass is 16.5. The van der Waals surface area contributed by atoms with Gasteiger partial charge in [0.25, 0.3) is 5.56 Å². The number of likely N-dealkylation sites (tertiary alicyclic amines) is 1. The second-order valence-electron chi connectivity index (χ2n) is 8.44. The summed E-state index contributed by atoms with van der Waals surface area (Å²) in [6, 6.07) is 13.1. The maximum absolute atomic E-state index is 12.4. The van der Waals surface area contributed by atoms with Gasteiger partial charge in [-0.15, -0.1) is 0 Å². The lowest BCUT2D eigenvalue weighted by atomic mass is 10.1. The molecular formula is C24H30N6O3. The van der Waals surface area contributed by atoms with Crippen LogP contribution < -0.4 is 10.9 Å². The summed E-state index contributed by atoms with van der Waals surface area (Å²) in [6.45, 7) is 5.01. The summed E-state index contributed by atoms with van der Waals surface area (Å²) in [4.78, 5) is 31.3. The van der Waals surface area contributed by atoms with Gasteiger partial charge in [0.2, 0.25) is 0 Å². The molecule has 1 fully saturated rings. The van der Waals surface area contributed by atoms with Gasteiger partial charge >= 0.3 is 11.8 Å². The number of aromatic nitrogens is 4. The minimum absolute atomic E-state index is 0.0162. The molecule has 9 heteroatoms. The van der Waals surface area contributed by atoms with Crippen LogP contribution in [-0.2, 0) is 6.54 Å². The number of carbonyl (C=O) groups excluding carboxylic acids is 1. The van der Waals surface area contributed by atoms with Gasteiger partial charge in [-0.3, -0.25) is 9.59 Å². The van der Waals surface area contributed by atoms with Crippen molar-refractivity contribution in [3.8, 4) is 11.3 Å². The Morgan fingerprint density at radius 3 is 2.61 bits per heavy atom. The fourth-order valence-corrected chi connectivity index (χ4v) is 4.06. The average molecular weight is 451 g/mol. The van der Waals surface area contributed by atoms with Crippen molar-refractivity contribution in [2.24, 2.45) is 0 Å². The molecule has 0 aliphatic carbocycles. The average Bonchev–Trinajstić information content (AvgIpc) is 3.13. The topological polar surface area (TPSA) is 106 Å². The molecule has 1 N–H and O–H groups in total. The first-order valence-corrected chi connectivity index (χ1v) is 11.6. The van der Waals surface area contributed by atoms with Gasteiger partial charge in [0.05, 0.1) is 5.69 Å². The summed E-state index contributed by atoms with van der Waals surface area (Å²) in [5, 5.41) is 11.1. The molecule has 1 saturated heterocycles. The highest BCUT2D eigenvalue weighted by Crippen LogP contribution is 2.15. The minimum atomic E-state index is -0.407. The molecule has 4 rings (SSSR count). The molecule has 174 valence electrons. The Morgan fingerprint density at radius 2 is 1.85 bits per heavy atom. The van der Waals surface area contributed by atoms with Crippen LogP contribution in [0.2, 0.25) is 0 Å². The van der Waals surface area contributed by atoms with Crippen LogP contribution in [0.15, 0.2) is 51.8 Å². The molecule has 3 aromatic rings. The van der Waals surface area contributed by atoms with Crippen molar-refractivity contribution in [2.45, 2.75) is 51.6 Å². The summed E-state index contributed by atoms with van der Waals surface area (Å²) >= 11 is 0. The zero-order chi connectivity index (χ0) is 23.0. The monoisotopic (exact) mass is 450 g/mol. The largest absolute Gasteiger partial charge is 0.348 e. The Labute approximate surface area is 192 Å². The van der Waals surface area contributed by atoms with Gasteiger partial charge in [-0.25, -0.2) is 4.68 Å². The van der Waals surface area contributed by atoms with E-state index < -0.39 is 5.91 Å². The maximum atomic E-state index is 12.4. The quantitative estimate of drug-likeness (QED) is 0.562. The highest BCUT2D eigenvalue weighted by Gasteiger charge is 2.18. The van der Waals surface area contributed by atoms with Gasteiger partial charge in [0.1, 0.15) is 6.54 Å². The van der Waals surface area contributed by atoms with E-state index in [0.29, 0.717) is 18.3 Å². The second kappa shape index (κ2) is 11.0. The van der Waals surface area contributed by atoms with Crippen molar-refractivity contribution in [1.29, 1.82) is 0 Å². The number of hydrogen-bond acceptors (Lipinski definition) is 7. The molecule has 3 heterocycles. The standard InChI is InChI=1S/C24H30N6O3/c1-18(29-15-7-2-3-8-16-29)13-14-25-23(32)24-26-21(28-33-24)17-30-22(31)12-11-20(27-30)19-9-5-4-6-10-19/h4-6,9-12,18H,2-3,7-8,13-17H2,1H3,(H,25,32). The highest BCUT2D eigenvalue weighted by molar-refractivity contribution is 5.89. The zero-order valence-corrected chi connectivity index (χ0v) is 18.9. The molecule has 1 amide bonds. The summed E-state index contributed by atoms with van der Waals surface area (Å²) in [5.41, 5.74) is 1.28. The van der Waals surface area contributed by atoms with E-state index in [1.54, 1.807) is 6.07 Å². The van der Waals surface area contributed by atoms with Crippen molar-refractivity contribution in [3.63, 3.8) is 0 Å². The van der Waals surface area contributed by atoms with E-state index in [1.165, 1.54) is 36.4 Å². The predicted molar refractivity (Wildman–Crippen MR) is 124 cm³/mol. The van der Waals surface area contributed by atoms with E-state index in [9.17, 15) is 9.59 Å². The first-order valence-electron chi connectivity index (χ1n) is 11.6. The molecule has 1 aromatic carbocycles. The van der Waals surface area contributed by atoms with Gasteiger partial charge in [-0.2, -0.15) is 10.1 Å². The van der Waals surface area contributed by atoms with Gasteiger partial charge in [0.15, 0.2) is 5.82 Å². The molecule has 1 aliphatic rings. The van der Waals surface area contributed by atoms with Gasteiger partial charge in [0, 0.05) is 24.2 Å². The fraction of sp³-hybridized carbons (Fsp3) is 0.458. The third kappa shape index (κ3) is 6.13. The molecule has 2 aromatic heterocycles. The van der Waals surface area contributed by atoms with Crippen LogP contribution >= 0.6 is 0 Å². The van der Waals surface area contributed by atoms with Crippen LogP contribution in [0.4, 0.5) is 0 Å². The first kappa shape index (κ1) is 22.8. The van der Waals surface area contributed by atoms with E-state index in [1.807, 2.05) is 30.3 Å². The summed E-state index contributed by atoms with van der Waals surface area (Å²) in [5.74, 6) is -0.298. The van der Waals surface area contributed by atoms with Gasteiger partial charge in [-0.05, 0) is 45.3 Å². The number of rotatable bonds is 8. The van der Waals surface area contributed by atoms with Crippen LogP contribution in [0.3, 0.4) is 0 Å². The van der Waals surface area contributed by atoms with Gasteiger partial charge in [-0.1, -0.05) is 48.3 Å². The van der Waals surface area contributed by atoms with Crippen molar-refractivity contribution in [3.05, 3.63) is 64.5 Å². The fourth-order valence-electron chi connectivity index (χ4n) is 4.06. The number of benzene rings is 1. The van der Waals surface area contributed by atoms with E-state index in [4.69, 9.17) is 4.52 Å². The van der Waals surface area contributed by atoms with Gasteiger partial charge < -0.3 is 14.7 Å². The molecule has 33 heavy (non-hydrogen) atoms. The molecular weight excluding hydrogens is 420 g/mol. The lowest BCUT2D eigenvalue weighted by Crippen LogP contribution is -2.37. The van der Waals surface area contributed by atoms with Crippen LogP contribution in [-0.4, -0.2) is 56.4 Å². The molecule has 0 saturated carbocycles. The van der Waals surface area contributed by atoms with Crippen molar-refractivity contribution >= 4 is 5.91 Å². The minimum Gasteiger partial charge on any atom is -0.348 e. The number of amides is 1. The van der Waals surface area contributed by atoms with Crippen LogP contribution in [0.1, 0.15) is 55.5 Å². The Hall–Kier alpha value is -3.33. The summed E-state index contributed by atoms with van der Waals surface area (Å²) in [7, 11) is 0. The third-order valence-electron chi connectivity index (χ3n) is 6.00. The lowest BCUT2D eigenvalue weighted by Gasteiger charge is -2.27. The molecule has 1 unspecified atom stereocenters. The molecule has 1 aliphatic heterocycles. The number of carbonyl (C=O) groups is 1. The van der Waals surface area contributed by atoms with Crippen LogP contribution in [0.25, 0.3) is 11.3 Å². The molecule has 0 bridgehead atoms. The number of nitrogens with zero attached hydrogens (tertiary/aromatic N) is 5. The third-order valence-corrected chi connectivity index (χ3v) is 6.00. The molecule has 9 nitrogen and oxygen atoms in total. The smallest absolute Gasteiger partial charge is 0.316 e. The Balaban J connectivity index is 1.32. The SMILES string of the molecule is CC(CCNC(=O)c1nc(Cn2nc(-c3ccccc3)ccc2=O)no1)N1CCCCCC1. The molecule has 0 radical (unpaired) electrons. The van der Waals surface area contributed by atoms with E-state index in [-0.39, 0.29) is 23.8 Å². The van der Waals surface area contributed by atoms with E-state index in [0.717, 1.165) is 25.1 Å². The van der Waals surface area contributed by atoms with E-state index >= 15 is 0 Å². The Morgan fingerprint density at radius 1 is 1.09 bits per heavy atom. The first-order chi connectivity index (χ1) is 16.1.